The van der Waals surface area contributed by atoms with Gasteiger partial charge in [-0.3, -0.25) is 14.2 Å². The second kappa shape index (κ2) is 31.2. The van der Waals surface area contributed by atoms with E-state index in [0.29, 0.717) is 36.1 Å². The van der Waals surface area contributed by atoms with Crippen molar-refractivity contribution in [2.45, 2.75) is 161 Å². The van der Waals surface area contributed by atoms with E-state index in [1.54, 1.807) is 0 Å². The first-order valence-corrected chi connectivity index (χ1v) is 21.9. The number of phosphoric acid groups is 1. The molecule has 4 unspecified atom stereocenters. The average molecular weight is 768 g/mol. The Bertz CT molecular complexity index is 1110. The van der Waals surface area contributed by atoms with E-state index in [1.807, 2.05) is 27.2 Å². The molecule has 1 aliphatic rings. The Hall–Kier alpha value is -2.07. The van der Waals surface area contributed by atoms with Crippen LogP contribution < -0.4 is 4.89 Å². The highest BCUT2D eigenvalue weighted by molar-refractivity contribution is 7.45. The molecule has 0 aromatic carbocycles. The molecule has 0 spiro atoms. The van der Waals surface area contributed by atoms with Gasteiger partial charge in [0.05, 0.1) is 40.0 Å². The molecule has 0 amide bonds. The lowest BCUT2D eigenvalue weighted by Crippen LogP contribution is -2.37. The Morgan fingerprint density at radius 2 is 1.25 bits per heavy atom. The number of nitrogens with zero attached hydrogens (tertiary/aromatic N) is 1. The van der Waals surface area contributed by atoms with Gasteiger partial charge in [-0.05, 0) is 51.4 Å². The van der Waals surface area contributed by atoms with E-state index in [-0.39, 0.29) is 26.1 Å². The number of quaternary nitrogens is 1. The van der Waals surface area contributed by atoms with Crippen molar-refractivity contribution in [3.8, 4) is 0 Å². The Morgan fingerprint density at radius 1 is 0.698 bits per heavy atom. The van der Waals surface area contributed by atoms with E-state index in [4.69, 9.17) is 23.3 Å². The quantitative estimate of drug-likeness (QED) is 0.0155. The number of likely N-dealkylation sites (N-methyl/N-ethyl adjacent to an activating group) is 1. The molecule has 0 radical (unpaired) electrons. The highest BCUT2D eigenvalue weighted by atomic mass is 31.2. The molecule has 4 atom stereocenters. The summed E-state index contributed by atoms with van der Waals surface area (Å²) in [6.45, 7) is 4.01. The number of ether oxygens (including phenoxy) is 3. The van der Waals surface area contributed by atoms with Crippen LogP contribution >= 0.6 is 7.82 Å². The molecule has 53 heavy (non-hydrogen) atoms. The Morgan fingerprint density at radius 3 is 1.85 bits per heavy atom. The third kappa shape index (κ3) is 31.9. The van der Waals surface area contributed by atoms with Crippen molar-refractivity contribution in [1.29, 1.82) is 0 Å². The summed E-state index contributed by atoms with van der Waals surface area (Å²) in [6, 6.07) is 0. The van der Waals surface area contributed by atoms with Crippen LogP contribution in [-0.2, 0) is 37.4 Å². The molecular weight excluding hydrogens is 693 g/mol. The van der Waals surface area contributed by atoms with E-state index in [0.717, 1.165) is 51.4 Å². The first-order chi connectivity index (χ1) is 25.5. The zero-order valence-electron chi connectivity index (χ0n) is 33.9. The smallest absolute Gasteiger partial charge is 0.306 e. The maximum atomic E-state index is 12.6. The Kier molecular flexibility index (Phi) is 28.8. The van der Waals surface area contributed by atoms with Gasteiger partial charge in [-0.15, -0.1) is 0 Å². The van der Waals surface area contributed by atoms with Gasteiger partial charge in [0.15, 0.2) is 6.10 Å². The van der Waals surface area contributed by atoms with E-state index >= 15 is 0 Å². The van der Waals surface area contributed by atoms with Crippen molar-refractivity contribution >= 4 is 19.8 Å². The molecule has 0 aromatic heterocycles. The van der Waals surface area contributed by atoms with Crippen LogP contribution in [0.15, 0.2) is 48.6 Å². The van der Waals surface area contributed by atoms with Crippen LogP contribution in [0.1, 0.15) is 142 Å². The van der Waals surface area contributed by atoms with E-state index in [2.05, 4.69) is 56.4 Å². The maximum absolute atomic E-state index is 12.6. The summed E-state index contributed by atoms with van der Waals surface area (Å²) in [7, 11) is 1.12. The minimum Gasteiger partial charge on any atom is -0.756 e. The summed E-state index contributed by atoms with van der Waals surface area (Å²) in [5, 5.41) is 0. The molecular formula is C42H74NO9P. The summed E-state index contributed by atoms with van der Waals surface area (Å²) < 4.78 is 39.4. The molecule has 1 saturated heterocycles. The number of hydrogen-bond acceptors (Lipinski definition) is 9. The van der Waals surface area contributed by atoms with Crippen LogP contribution in [-0.4, -0.2) is 82.2 Å². The number of carbonyl (C=O) groups is 2. The zero-order valence-corrected chi connectivity index (χ0v) is 34.8. The number of carbonyl (C=O) groups excluding carboxylic acids is 2. The molecule has 1 heterocycles. The van der Waals surface area contributed by atoms with Gasteiger partial charge in [0.2, 0.25) is 0 Å². The van der Waals surface area contributed by atoms with Crippen molar-refractivity contribution in [2.75, 3.05) is 47.5 Å². The van der Waals surface area contributed by atoms with Crippen LogP contribution in [0, 0.1) is 0 Å². The normalized spacial score (nSPS) is 18.0. The lowest BCUT2D eigenvalue weighted by atomic mass is 10.1. The van der Waals surface area contributed by atoms with Crippen molar-refractivity contribution < 1.29 is 46.8 Å². The van der Waals surface area contributed by atoms with Crippen LogP contribution in [0.25, 0.3) is 0 Å². The first kappa shape index (κ1) is 48.9. The van der Waals surface area contributed by atoms with Gasteiger partial charge in [0.25, 0.3) is 7.82 Å². The molecule has 306 valence electrons. The summed E-state index contributed by atoms with van der Waals surface area (Å²) in [5.41, 5.74) is 0. The van der Waals surface area contributed by atoms with Gasteiger partial charge in [-0.25, -0.2) is 0 Å². The predicted octanol–water partition coefficient (Wildman–Crippen LogP) is 9.48. The third-order valence-corrected chi connectivity index (χ3v) is 9.73. The summed E-state index contributed by atoms with van der Waals surface area (Å²) in [5.74, 6) is -0.911. The fourth-order valence-corrected chi connectivity index (χ4v) is 6.16. The standard InChI is InChI=1S/C42H74NO9P/c1-6-8-10-11-12-13-14-18-21-24-28-32-41(44)48-36-38(37-50-53(46,47)49-35-34-43(3,4)5)51-42(45)33-29-25-22-19-16-15-17-20-23-27-31-40-39(52-40)30-26-9-7-2/h9,15,17,19,22-23,26-27,38-40H,6-8,10-14,16,18,20-21,24-25,28-37H2,1-5H3/b17-15-,22-19-,26-9-,27-23-. The molecule has 0 aromatic rings. The highest BCUT2D eigenvalue weighted by Crippen LogP contribution is 2.38. The average Bonchev–Trinajstić information content (AvgIpc) is 3.86. The highest BCUT2D eigenvalue weighted by Gasteiger charge is 2.35. The second-order valence-electron chi connectivity index (χ2n) is 15.0. The Labute approximate surface area is 322 Å². The topological polar surface area (TPSA) is 124 Å². The van der Waals surface area contributed by atoms with Gasteiger partial charge in [-0.2, -0.15) is 0 Å². The number of hydrogen-bond donors (Lipinski definition) is 0. The van der Waals surface area contributed by atoms with Crippen LogP contribution in [0.3, 0.4) is 0 Å². The fourth-order valence-electron chi connectivity index (χ4n) is 5.44. The van der Waals surface area contributed by atoms with E-state index in [1.165, 1.54) is 51.4 Å². The third-order valence-electron chi connectivity index (χ3n) is 8.77. The van der Waals surface area contributed by atoms with Crippen molar-refractivity contribution in [3.05, 3.63) is 48.6 Å². The summed E-state index contributed by atoms with van der Waals surface area (Å²) in [6.07, 6.45) is 36.1. The molecule has 1 rings (SSSR count). The molecule has 0 bridgehead atoms. The Balaban J connectivity index is 2.35. The van der Waals surface area contributed by atoms with Crippen LogP contribution in [0.5, 0.6) is 0 Å². The summed E-state index contributed by atoms with van der Waals surface area (Å²) >= 11 is 0. The molecule has 11 heteroatoms. The lowest BCUT2D eigenvalue weighted by Gasteiger charge is -2.28. The van der Waals surface area contributed by atoms with Crippen molar-refractivity contribution in [1.82, 2.24) is 0 Å². The van der Waals surface area contributed by atoms with E-state index < -0.39 is 32.5 Å². The van der Waals surface area contributed by atoms with Crippen LogP contribution in [0.4, 0.5) is 0 Å². The molecule has 10 nitrogen and oxygen atoms in total. The molecule has 1 fully saturated rings. The van der Waals surface area contributed by atoms with Crippen molar-refractivity contribution in [3.63, 3.8) is 0 Å². The predicted molar refractivity (Wildman–Crippen MR) is 212 cm³/mol. The van der Waals surface area contributed by atoms with Gasteiger partial charge >= 0.3 is 11.9 Å². The van der Waals surface area contributed by atoms with Crippen molar-refractivity contribution in [2.24, 2.45) is 0 Å². The van der Waals surface area contributed by atoms with Gasteiger partial charge in [0.1, 0.15) is 19.8 Å². The number of phosphoric ester groups is 1. The number of allylic oxidation sites excluding steroid dienone is 6. The van der Waals surface area contributed by atoms with Gasteiger partial charge < -0.3 is 32.6 Å². The van der Waals surface area contributed by atoms with Crippen LogP contribution in [0.2, 0.25) is 0 Å². The molecule has 0 saturated carbocycles. The zero-order chi connectivity index (χ0) is 39.0. The van der Waals surface area contributed by atoms with Gasteiger partial charge in [-0.1, -0.05) is 127 Å². The fraction of sp³-hybridized carbons (Fsp3) is 0.762. The minimum atomic E-state index is -4.64. The molecule has 0 N–H and O–H groups in total. The summed E-state index contributed by atoms with van der Waals surface area (Å²) in [4.78, 5) is 37.4. The first-order valence-electron chi connectivity index (χ1n) is 20.5. The molecule has 1 aliphatic heterocycles. The number of epoxide rings is 1. The molecule has 0 aliphatic carbocycles. The minimum absolute atomic E-state index is 0.0444. The maximum Gasteiger partial charge on any atom is 0.306 e. The monoisotopic (exact) mass is 768 g/mol. The number of unbranched alkanes of at least 4 members (excludes halogenated alkanes) is 11. The second-order valence-corrected chi connectivity index (χ2v) is 16.4. The SMILES string of the molecule is CC/C=C\CC1OC1C/C=C\C/C=C\C/C=C\CCCC(=O)OC(COC(=O)CCCCCCCCCCCCC)COP(=O)([O-])OCC[N+](C)(C)C. The number of rotatable bonds is 35. The largest absolute Gasteiger partial charge is 0.756 e. The lowest BCUT2D eigenvalue weighted by molar-refractivity contribution is -0.870. The number of esters is 2. The van der Waals surface area contributed by atoms with Gasteiger partial charge in [0, 0.05) is 12.8 Å². The van der Waals surface area contributed by atoms with E-state index in [9.17, 15) is 19.0 Å².